The average Bonchev–Trinajstić information content (AvgIpc) is 2.65. The van der Waals surface area contributed by atoms with Gasteiger partial charge in [0.1, 0.15) is 5.70 Å². The molecular weight excluding hydrogens is 443 g/mol. The highest BCUT2D eigenvalue weighted by molar-refractivity contribution is 7.92. The molecule has 0 aromatic heterocycles. The van der Waals surface area contributed by atoms with Crippen LogP contribution in [0, 0.1) is 0 Å². The molecule has 2 aromatic rings. The molecule has 0 fully saturated rings. The molecule has 0 bridgehead atoms. The molecule has 0 spiro atoms. The van der Waals surface area contributed by atoms with E-state index in [-0.39, 0.29) is 26.3 Å². The number of halogens is 2. The number of nitrogens with one attached hydrogen (secondary N) is 2. The quantitative estimate of drug-likeness (QED) is 0.482. The summed E-state index contributed by atoms with van der Waals surface area (Å²) < 4.78 is 36.5. The molecule has 0 aliphatic heterocycles. The van der Waals surface area contributed by atoms with Crippen molar-refractivity contribution in [3.8, 4) is 0 Å². The molecule has 0 aliphatic rings. The van der Waals surface area contributed by atoms with Crippen LogP contribution in [-0.2, 0) is 29.1 Å². The molecule has 0 unspecified atom stereocenters. The van der Waals surface area contributed by atoms with Gasteiger partial charge in [0.25, 0.3) is 10.0 Å². The van der Waals surface area contributed by atoms with Crippen molar-refractivity contribution in [2.45, 2.75) is 4.90 Å². The van der Waals surface area contributed by atoms with Crippen LogP contribution in [0.5, 0.6) is 0 Å². The van der Waals surface area contributed by atoms with Crippen LogP contribution in [0.2, 0.25) is 10.0 Å². The third-order valence-corrected chi connectivity index (χ3v) is 5.26. The maximum atomic E-state index is 12.5. The number of rotatable bonds is 7. The van der Waals surface area contributed by atoms with Gasteiger partial charge in [-0.15, -0.1) is 0 Å². The highest BCUT2D eigenvalue weighted by atomic mass is 35.5. The maximum Gasteiger partial charge on any atom is 0.354 e. The predicted octanol–water partition coefficient (Wildman–Crippen LogP) is 3.44. The molecule has 11 heteroatoms. The molecule has 0 atom stereocenters. The van der Waals surface area contributed by atoms with Crippen LogP contribution in [0.25, 0.3) is 0 Å². The van der Waals surface area contributed by atoms with Gasteiger partial charge in [-0.2, -0.15) is 0 Å². The van der Waals surface area contributed by atoms with E-state index in [4.69, 9.17) is 23.2 Å². The Hall–Kier alpha value is -2.75. The van der Waals surface area contributed by atoms with Crippen LogP contribution in [-0.4, -0.2) is 34.6 Å². The SMILES string of the molecule is COC(=O)/C=C(/Nc1ccc(S(=O)(=O)Nc2cc(Cl)cc(Cl)c2)cc1)C(=O)OC. The third kappa shape index (κ3) is 6.38. The number of methoxy groups -OCH3 is 2. The van der Waals surface area contributed by atoms with Gasteiger partial charge < -0.3 is 14.8 Å². The minimum atomic E-state index is -3.91. The van der Waals surface area contributed by atoms with Gasteiger partial charge in [0.15, 0.2) is 0 Å². The van der Waals surface area contributed by atoms with Crippen molar-refractivity contribution in [1.82, 2.24) is 0 Å². The Kier molecular flexibility index (Phi) is 7.49. The second-order valence-electron chi connectivity index (χ2n) is 5.49. The molecule has 0 saturated heterocycles. The van der Waals surface area contributed by atoms with Crippen LogP contribution in [0.15, 0.2) is 59.1 Å². The standard InChI is InChI=1S/C18H16Cl2N2O6S/c1-27-17(23)10-16(18(24)28-2)21-13-3-5-15(6-4-13)29(25,26)22-14-8-11(19)7-12(20)9-14/h3-10,21-22H,1-2H3/b16-10+. The van der Waals surface area contributed by atoms with E-state index in [1.165, 1.54) is 42.5 Å². The Labute approximate surface area is 177 Å². The van der Waals surface area contributed by atoms with E-state index in [0.29, 0.717) is 5.69 Å². The monoisotopic (exact) mass is 458 g/mol. The van der Waals surface area contributed by atoms with Gasteiger partial charge in [0.2, 0.25) is 0 Å². The number of sulfonamides is 1. The smallest absolute Gasteiger partial charge is 0.354 e. The number of hydrogen-bond donors (Lipinski definition) is 2. The van der Waals surface area contributed by atoms with E-state index < -0.39 is 22.0 Å². The summed E-state index contributed by atoms with van der Waals surface area (Å²) in [5, 5.41) is 3.23. The zero-order valence-electron chi connectivity index (χ0n) is 15.2. The van der Waals surface area contributed by atoms with Crippen molar-refractivity contribution >= 4 is 56.5 Å². The second-order valence-corrected chi connectivity index (χ2v) is 8.04. The molecular formula is C18H16Cl2N2O6S. The first kappa shape index (κ1) is 22.5. The van der Waals surface area contributed by atoms with Crippen molar-refractivity contribution in [1.29, 1.82) is 0 Å². The lowest BCUT2D eigenvalue weighted by Gasteiger charge is -2.11. The summed E-state index contributed by atoms with van der Waals surface area (Å²) in [4.78, 5) is 23.1. The van der Waals surface area contributed by atoms with E-state index in [1.54, 1.807) is 0 Å². The summed E-state index contributed by atoms with van der Waals surface area (Å²) >= 11 is 11.7. The summed E-state index contributed by atoms with van der Waals surface area (Å²) in [7, 11) is -1.60. The van der Waals surface area contributed by atoms with Gasteiger partial charge in [-0.25, -0.2) is 18.0 Å². The number of hydrogen-bond acceptors (Lipinski definition) is 7. The molecule has 8 nitrogen and oxygen atoms in total. The summed E-state index contributed by atoms with van der Waals surface area (Å²) in [5.74, 6) is -1.56. The van der Waals surface area contributed by atoms with E-state index >= 15 is 0 Å². The third-order valence-electron chi connectivity index (χ3n) is 3.43. The number of ether oxygens (including phenoxy) is 2. The predicted molar refractivity (Wildman–Crippen MR) is 109 cm³/mol. The summed E-state index contributed by atoms with van der Waals surface area (Å²) in [6.45, 7) is 0. The zero-order chi connectivity index (χ0) is 21.6. The molecule has 154 valence electrons. The van der Waals surface area contributed by atoms with Crippen molar-refractivity contribution in [2.24, 2.45) is 0 Å². The maximum absolute atomic E-state index is 12.5. The van der Waals surface area contributed by atoms with Crippen molar-refractivity contribution in [3.63, 3.8) is 0 Å². The number of benzene rings is 2. The molecule has 0 aliphatic carbocycles. The number of carbonyl (C=O) groups excluding carboxylic acids is 2. The fourth-order valence-corrected chi connectivity index (χ4v) is 3.70. The van der Waals surface area contributed by atoms with Gasteiger partial charge in [-0.3, -0.25) is 4.72 Å². The first-order valence-corrected chi connectivity index (χ1v) is 10.1. The minimum absolute atomic E-state index is 0.0456. The van der Waals surface area contributed by atoms with Gasteiger partial charge in [0, 0.05) is 15.7 Å². The molecule has 2 aromatic carbocycles. The molecule has 2 rings (SSSR count). The second kappa shape index (κ2) is 9.64. The summed E-state index contributed by atoms with van der Waals surface area (Å²) in [6, 6.07) is 9.75. The molecule has 2 N–H and O–H groups in total. The molecule has 0 heterocycles. The van der Waals surface area contributed by atoms with Gasteiger partial charge in [-0.1, -0.05) is 23.2 Å². The Morgan fingerprint density at radius 2 is 1.52 bits per heavy atom. The largest absolute Gasteiger partial charge is 0.466 e. The van der Waals surface area contributed by atoms with Crippen molar-refractivity contribution in [2.75, 3.05) is 24.3 Å². The van der Waals surface area contributed by atoms with Gasteiger partial charge in [-0.05, 0) is 42.5 Å². The molecule has 0 saturated carbocycles. The van der Waals surface area contributed by atoms with Crippen LogP contribution < -0.4 is 10.0 Å². The topological polar surface area (TPSA) is 111 Å². The van der Waals surface area contributed by atoms with Gasteiger partial charge >= 0.3 is 11.9 Å². The van der Waals surface area contributed by atoms with Crippen molar-refractivity contribution in [3.05, 3.63) is 64.3 Å². The number of carbonyl (C=O) groups is 2. The highest BCUT2D eigenvalue weighted by Gasteiger charge is 2.16. The highest BCUT2D eigenvalue weighted by Crippen LogP contribution is 2.25. The Bertz CT molecular complexity index is 1030. The van der Waals surface area contributed by atoms with E-state index in [9.17, 15) is 18.0 Å². The molecule has 29 heavy (non-hydrogen) atoms. The van der Waals surface area contributed by atoms with Crippen molar-refractivity contribution < 1.29 is 27.5 Å². The van der Waals surface area contributed by atoms with Crippen LogP contribution in [0.4, 0.5) is 11.4 Å². The van der Waals surface area contributed by atoms with E-state index in [0.717, 1.165) is 20.3 Å². The average molecular weight is 459 g/mol. The van der Waals surface area contributed by atoms with Crippen LogP contribution in [0.3, 0.4) is 0 Å². The lowest BCUT2D eigenvalue weighted by molar-refractivity contribution is -0.138. The van der Waals surface area contributed by atoms with E-state index in [1.807, 2.05) is 0 Å². The lowest BCUT2D eigenvalue weighted by atomic mass is 10.3. The van der Waals surface area contributed by atoms with E-state index in [2.05, 4.69) is 19.5 Å². The lowest BCUT2D eigenvalue weighted by Crippen LogP contribution is -2.16. The minimum Gasteiger partial charge on any atom is -0.466 e. The van der Waals surface area contributed by atoms with Gasteiger partial charge in [0.05, 0.1) is 30.9 Å². The van der Waals surface area contributed by atoms with Crippen LogP contribution in [0.1, 0.15) is 0 Å². The number of anilines is 2. The normalized spacial score (nSPS) is 11.5. The Morgan fingerprint density at radius 3 is 2.03 bits per heavy atom. The Morgan fingerprint density at radius 1 is 0.931 bits per heavy atom. The zero-order valence-corrected chi connectivity index (χ0v) is 17.6. The first-order valence-electron chi connectivity index (χ1n) is 7.88. The Balaban J connectivity index is 2.22. The van der Waals surface area contributed by atoms with Crippen LogP contribution >= 0.6 is 23.2 Å². The fourth-order valence-electron chi connectivity index (χ4n) is 2.13. The first-order chi connectivity index (χ1) is 13.6. The summed E-state index contributed by atoms with van der Waals surface area (Å²) in [6.07, 6.45) is 0.918. The summed E-state index contributed by atoms with van der Waals surface area (Å²) in [5.41, 5.74) is 0.371. The molecule has 0 amide bonds. The molecule has 0 radical (unpaired) electrons. The number of esters is 2. The fraction of sp³-hybridized carbons (Fsp3) is 0.111.